The van der Waals surface area contributed by atoms with Crippen molar-refractivity contribution in [2.75, 3.05) is 39.9 Å². The molecule has 2 rings (SSSR count). The Bertz CT molecular complexity index is 499. The fourth-order valence-corrected chi connectivity index (χ4v) is 2.72. The van der Waals surface area contributed by atoms with Gasteiger partial charge in [-0.3, -0.25) is 9.59 Å². The number of nitrogens with zero attached hydrogens (tertiary/aromatic N) is 2. The fraction of sp³-hybridized carbons (Fsp3) is 0.429. The molecule has 0 bridgehead atoms. The molecule has 1 aliphatic heterocycles. The number of halogens is 1. The van der Waals surface area contributed by atoms with E-state index in [2.05, 4.69) is 22.6 Å². The Balaban J connectivity index is 1.93. The van der Waals surface area contributed by atoms with Gasteiger partial charge in [-0.05, 0) is 40.8 Å². The zero-order chi connectivity index (χ0) is 14.5. The molecule has 1 heterocycles. The highest BCUT2D eigenvalue weighted by molar-refractivity contribution is 14.1. The zero-order valence-corrected chi connectivity index (χ0v) is 13.5. The Morgan fingerprint density at radius 3 is 2.45 bits per heavy atom. The van der Waals surface area contributed by atoms with Crippen molar-refractivity contribution in [1.82, 2.24) is 9.80 Å². The Labute approximate surface area is 132 Å². The molecular formula is C14H17IN2O3. The van der Waals surface area contributed by atoms with E-state index in [1.807, 2.05) is 24.3 Å². The van der Waals surface area contributed by atoms with Gasteiger partial charge in [-0.15, -0.1) is 0 Å². The normalized spacial score (nSPS) is 15.3. The minimum Gasteiger partial charge on any atom is -0.375 e. The molecule has 20 heavy (non-hydrogen) atoms. The lowest BCUT2D eigenvalue weighted by atomic mass is 10.2. The summed E-state index contributed by atoms with van der Waals surface area (Å²) in [6.45, 7) is 2.38. The van der Waals surface area contributed by atoms with Crippen LogP contribution in [0, 0.1) is 3.57 Å². The molecule has 1 aliphatic rings. The summed E-state index contributed by atoms with van der Waals surface area (Å²) in [4.78, 5) is 27.6. The molecule has 1 aromatic carbocycles. The number of hydrogen-bond donors (Lipinski definition) is 0. The molecule has 1 saturated heterocycles. The van der Waals surface area contributed by atoms with Crippen LogP contribution in [-0.2, 0) is 9.53 Å². The van der Waals surface area contributed by atoms with Gasteiger partial charge in [-0.2, -0.15) is 0 Å². The predicted molar refractivity (Wildman–Crippen MR) is 83.5 cm³/mol. The van der Waals surface area contributed by atoms with E-state index >= 15 is 0 Å². The van der Waals surface area contributed by atoms with E-state index in [4.69, 9.17) is 4.74 Å². The van der Waals surface area contributed by atoms with Crippen molar-refractivity contribution < 1.29 is 14.3 Å². The van der Waals surface area contributed by atoms with Crippen molar-refractivity contribution in [1.29, 1.82) is 0 Å². The summed E-state index contributed by atoms with van der Waals surface area (Å²) in [7, 11) is 1.51. The summed E-state index contributed by atoms with van der Waals surface area (Å²) >= 11 is 2.19. The first kappa shape index (κ1) is 15.2. The van der Waals surface area contributed by atoms with Crippen molar-refractivity contribution in [2.24, 2.45) is 0 Å². The van der Waals surface area contributed by atoms with Crippen LogP contribution in [0.15, 0.2) is 24.3 Å². The minimum absolute atomic E-state index is 0.0196. The second-order valence-electron chi connectivity index (χ2n) is 4.62. The molecule has 1 aromatic rings. The molecule has 0 atom stereocenters. The van der Waals surface area contributed by atoms with Gasteiger partial charge in [-0.25, -0.2) is 0 Å². The van der Waals surface area contributed by atoms with E-state index in [9.17, 15) is 9.59 Å². The topological polar surface area (TPSA) is 49.9 Å². The zero-order valence-electron chi connectivity index (χ0n) is 11.3. The maximum atomic E-state index is 12.3. The summed E-state index contributed by atoms with van der Waals surface area (Å²) in [6, 6.07) is 7.55. The number of carbonyl (C=O) groups excluding carboxylic acids is 2. The van der Waals surface area contributed by atoms with Crippen LogP contribution >= 0.6 is 22.6 Å². The third-order valence-electron chi connectivity index (χ3n) is 3.26. The van der Waals surface area contributed by atoms with Crippen LogP contribution in [0.5, 0.6) is 0 Å². The summed E-state index contributed by atoms with van der Waals surface area (Å²) in [5.41, 5.74) is 0.702. The van der Waals surface area contributed by atoms with Crippen LogP contribution in [0.1, 0.15) is 10.4 Å². The van der Waals surface area contributed by atoms with Crippen LogP contribution < -0.4 is 0 Å². The molecular weight excluding hydrogens is 371 g/mol. The van der Waals surface area contributed by atoms with Gasteiger partial charge >= 0.3 is 0 Å². The molecule has 0 aliphatic carbocycles. The van der Waals surface area contributed by atoms with Gasteiger partial charge in [0.15, 0.2) is 0 Å². The molecule has 0 saturated carbocycles. The van der Waals surface area contributed by atoms with Crippen molar-refractivity contribution in [3.8, 4) is 0 Å². The largest absolute Gasteiger partial charge is 0.375 e. The Hall–Kier alpha value is -1.15. The fourth-order valence-electron chi connectivity index (χ4n) is 2.18. The first-order chi connectivity index (χ1) is 9.61. The van der Waals surface area contributed by atoms with E-state index in [0.717, 1.165) is 3.57 Å². The Morgan fingerprint density at radius 2 is 1.85 bits per heavy atom. The first-order valence-electron chi connectivity index (χ1n) is 6.43. The average Bonchev–Trinajstić information content (AvgIpc) is 2.47. The highest BCUT2D eigenvalue weighted by Gasteiger charge is 2.24. The molecule has 6 heteroatoms. The molecule has 0 N–H and O–H groups in total. The van der Waals surface area contributed by atoms with Gasteiger partial charge in [0.1, 0.15) is 6.61 Å². The summed E-state index contributed by atoms with van der Waals surface area (Å²) in [6.07, 6.45) is 0. The number of methoxy groups -OCH3 is 1. The third-order valence-corrected chi connectivity index (χ3v) is 3.93. The molecule has 108 valence electrons. The van der Waals surface area contributed by atoms with E-state index in [0.29, 0.717) is 31.7 Å². The van der Waals surface area contributed by atoms with Gasteiger partial charge in [0, 0.05) is 42.4 Å². The molecule has 1 fully saturated rings. The minimum atomic E-state index is -0.0196. The molecule has 0 spiro atoms. The number of amides is 2. The van der Waals surface area contributed by atoms with Crippen molar-refractivity contribution in [3.63, 3.8) is 0 Å². The van der Waals surface area contributed by atoms with Crippen LogP contribution in [0.25, 0.3) is 0 Å². The lowest BCUT2D eigenvalue weighted by Crippen LogP contribution is -2.51. The Kier molecular flexibility index (Phi) is 5.36. The van der Waals surface area contributed by atoms with Gasteiger partial charge in [0.2, 0.25) is 5.91 Å². The first-order valence-corrected chi connectivity index (χ1v) is 7.51. The number of benzene rings is 1. The quantitative estimate of drug-likeness (QED) is 0.732. The predicted octanol–water partition coefficient (Wildman–Crippen LogP) is 1.22. The number of piperazine rings is 1. The summed E-state index contributed by atoms with van der Waals surface area (Å²) in [5.74, 6) is 0.0104. The molecule has 5 nitrogen and oxygen atoms in total. The highest BCUT2D eigenvalue weighted by atomic mass is 127. The monoisotopic (exact) mass is 388 g/mol. The molecule has 2 amide bonds. The smallest absolute Gasteiger partial charge is 0.254 e. The standard InChI is InChI=1S/C14H17IN2O3/c1-20-10-13(18)16-5-7-17(8-6-16)14(19)11-3-2-4-12(15)9-11/h2-4,9H,5-8,10H2,1H3. The van der Waals surface area contributed by atoms with E-state index in [1.165, 1.54) is 7.11 Å². The third kappa shape index (κ3) is 3.69. The lowest BCUT2D eigenvalue weighted by molar-refractivity contribution is -0.136. The molecule has 0 unspecified atom stereocenters. The number of carbonyl (C=O) groups is 2. The van der Waals surface area contributed by atoms with Gasteiger partial charge in [-0.1, -0.05) is 6.07 Å². The Morgan fingerprint density at radius 1 is 1.20 bits per heavy atom. The van der Waals surface area contributed by atoms with Gasteiger partial charge in [0.05, 0.1) is 0 Å². The average molecular weight is 388 g/mol. The number of ether oxygens (including phenoxy) is 1. The van der Waals surface area contributed by atoms with E-state index in [-0.39, 0.29) is 18.4 Å². The highest BCUT2D eigenvalue weighted by Crippen LogP contribution is 2.12. The molecule has 0 radical (unpaired) electrons. The second kappa shape index (κ2) is 7.03. The van der Waals surface area contributed by atoms with Crippen molar-refractivity contribution in [3.05, 3.63) is 33.4 Å². The van der Waals surface area contributed by atoms with Crippen LogP contribution in [0.4, 0.5) is 0 Å². The van der Waals surface area contributed by atoms with E-state index < -0.39 is 0 Å². The summed E-state index contributed by atoms with van der Waals surface area (Å²) < 4.78 is 5.88. The van der Waals surface area contributed by atoms with Gasteiger partial charge in [0.25, 0.3) is 5.91 Å². The van der Waals surface area contributed by atoms with Crippen LogP contribution in [0.3, 0.4) is 0 Å². The number of rotatable bonds is 3. The van der Waals surface area contributed by atoms with Gasteiger partial charge < -0.3 is 14.5 Å². The maximum absolute atomic E-state index is 12.3. The van der Waals surface area contributed by atoms with Crippen molar-refractivity contribution in [2.45, 2.75) is 0 Å². The SMILES string of the molecule is COCC(=O)N1CCN(C(=O)c2cccc(I)c2)CC1. The van der Waals surface area contributed by atoms with Crippen molar-refractivity contribution >= 4 is 34.4 Å². The molecule has 0 aromatic heterocycles. The van der Waals surface area contributed by atoms with Crippen LogP contribution in [0.2, 0.25) is 0 Å². The second-order valence-corrected chi connectivity index (χ2v) is 5.86. The lowest BCUT2D eigenvalue weighted by Gasteiger charge is -2.34. The van der Waals surface area contributed by atoms with E-state index in [1.54, 1.807) is 9.80 Å². The number of hydrogen-bond acceptors (Lipinski definition) is 3. The van der Waals surface area contributed by atoms with Crippen LogP contribution in [-0.4, -0.2) is 61.5 Å². The summed E-state index contributed by atoms with van der Waals surface area (Å²) in [5, 5.41) is 0. The maximum Gasteiger partial charge on any atom is 0.254 e.